The van der Waals surface area contributed by atoms with E-state index in [-0.39, 0.29) is 5.56 Å². The molecule has 0 radical (unpaired) electrons. The van der Waals surface area contributed by atoms with Crippen LogP contribution < -0.4 is 5.56 Å². The van der Waals surface area contributed by atoms with Gasteiger partial charge in [0.1, 0.15) is 17.4 Å². The standard InChI is InChI=1S/C14H10BrFN2O/c1-8-2-12(13(7-17)14(19)18-8)10-3-9(6-15)4-11(16)5-10/h2-5H,6H2,1H3,(H,18,19). The summed E-state index contributed by atoms with van der Waals surface area (Å²) in [5.74, 6) is -0.395. The number of aromatic nitrogens is 1. The number of nitrogens with zero attached hydrogens (tertiary/aromatic N) is 1. The predicted octanol–water partition coefficient (Wildman–Crippen LogP) is 3.26. The third-order valence-electron chi connectivity index (χ3n) is 2.70. The summed E-state index contributed by atoms with van der Waals surface area (Å²) in [5.41, 5.74) is 1.89. The van der Waals surface area contributed by atoms with E-state index in [1.165, 1.54) is 12.1 Å². The first-order chi connectivity index (χ1) is 9.05. The number of pyridine rings is 1. The Balaban J connectivity index is 2.75. The fraction of sp³-hybridized carbons (Fsp3) is 0.143. The molecule has 0 spiro atoms. The summed E-state index contributed by atoms with van der Waals surface area (Å²) in [5, 5.41) is 9.58. The lowest BCUT2D eigenvalue weighted by molar-refractivity contribution is 0.627. The normalized spacial score (nSPS) is 10.2. The van der Waals surface area contributed by atoms with Crippen LogP contribution in [0.1, 0.15) is 16.8 Å². The number of H-pyrrole nitrogens is 1. The summed E-state index contributed by atoms with van der Waals surface area (Å²) in [6.45, 7) is 1.72. The molecule has 2 rings (SSSR count). The highest BCUT2D eigenvalue weighted by molar-refractivity contribution is 9.08. The van der Waals surface area contributed by atoms with Crippen LogP contribution in [0.3, 0.4) is 0 Å². The summed E-state index contributed by atoms with van der Waals surface area (Å²) in [6, 6.07) is 8.03. The number of hydrogen-bond donors (Lipinski definition) is 1. The van der Waals surface area contributed by atoms with E-state index in [1.807, 2.05) is 6.07 Å². The number of aromatic amines is 1. The average Bonchev–Trinajstić information content (AvgIpc) is 2.37. The van der Waals surface area contributed by atoms with E-state index in [1.54, 1.807) is 19.1 Å². The third-order valence-corrected chi connectivity index (χ3v) is 3.35. The summed E-state index contributed by atoms with van der Waals surface area (Å²) in [6.07, 6.45) is 0. The van der Waals surface area contributed by atoms with Gasteiger partial charge in [0.25, 0.3) is 5.56 Å². The smallest absolute Gasteiger partial charge is 0.266 e. The maximum Gasteiger partial charge on any atom is 0.266 e. The minimum absolute atomic E-state index is 0.00303. The first-order valence-electron chi connectivity index (χ1n) is 5.55. The second-order valence-corrected chi connectivity index (χ2v) is 4.72. The lowest BCUT2D eigenvalue weighted by Crippen LogP contribution is -2.12. The molecule has 0 bridgehead atoms. The monoisotopic (exact) mass is 320 g/mol. The van der Waals surface area contributed by atoms with E-state index in [4.69, 9.17) is 5.26 Å². The van der Waals surface area contributed by atoms with Crippen LogP contribution >= 0.6 is 15.9 Å². The Morgan fingerprint density at radius 3 is 2.74 bits per heavy atom. The average molecular weight is 321 g/mol. The van der Waals surface area contributed by atoms with Crippen LogP contribution in [0.15, 0.2) is 29.1 Å². The van der Waals surface area contributed by atoms with Crippen LogP contribution in [-0.2, 0) is 5.33 Å². The van der Waals surface area contributed by atoms with E-state index in [2.05, 4.69) is 20.9 Å². The highest BCUT2D eigenvalue weighted by Crippen LogP contribution is 2.25. The summed E-state index contributed by atoms with van der Waals surface area (Å²) < 4.78 is 13.5. The van der Waals surface area contributed by atoms with Gasteiger partial charge in [-0.25, -0.2) is 4.39 Å². The lowest BCUT2D eigenvalue weighted by Gasteiger charge is -2.07. The van der Waals surface area contributed by atoms with Crippen molar-refractivity contribution >= 4 is 15.9 Å². The first-order valence-corrected chi connectivity index (χ1v) is 6.67. The number of hydrogen-bond acceptors (Lipinski definition) is 2. The topological polar surface area (TPSA) is 56.6 Å². The van der Waals surface area contributed by atoms with Crippen molar-refractivity contribution in [3.63, 3.8) is 0 Å². The van der Waals surface area contributed by atoms with Gasteiger partial charge in [-0.1, -0.05) is 22.0 Å². The summed E-state index contributed by atoms with van der Waals surface area (Å²) >= 11 is 3.26. The van der Waals surface area contributed by atoms with E-state index >= 15 is 0 Å². The molecule has 96 valence electrons. The minimum atomic E-state index is -0.456. The molecule has 0 atom stereocenters. The fourth-order valence-corrected chi connectivity index (χ4v) is 2.23. The van der Waals surface area contributed by atoms with Crippen molar-refractivity contribution in [1.82, 2.24) is 4.98 Å². The number of aryl methyl sites for hydroxylation is 1. The van der Waals surface area contributed by atoms with Crippen molar-refractivity contribution in [2.75, 3.05) is 0 Å². The molecule has 5 heteroatoms. The molecule has 0 aliphatic carbocycles. The van der Waals surface area contributed by atoms with Crippen LogP contribution in [-0.4, -0.2) is 4.98 Å². The maximum absolute atomic E-state index is 13.5. The molecule has 0 aliphatic heterocycles. The molecule has 0 unspecified atom stereocenters. The number of nitriles is 1. The van der Waals surface area contributed by atoms with Gasteiger partial charge in [0.05, 0.1) is 0 Å². The molecule has 3 nitrogen and oxygen atoms in total. The van der Waals surface area contributed by atoms with Crippen molar-refractivity contribution in [3.05, 3.63) is 57.3 Å². The van der Waals surface area contributed by atoms with E-state index in [9.17, 15) is 9.18 Å². The SMILES string of the molecule is Cc1cc(-c2cc(F)cc(CBr)c2)c(C#N)c(=O)[nH]1. The van der Waals surface area contributed by atoms with Gasteiger partial charge in [0.2, 0.25) is 0 Å². The van der Waals surface area contributed by atoms with E-state index in [0.29, 0.717) is 22.2 Å². The number of nitrogens with one attached hydrogen (secondary N) is 1. The molecule has 0 amide bonds. The van der Waals surface area contributed by atoms with Gasteiger partial charge in [-0.2, -0.15) is 5.26 Å². The van der Waals surface area contributed by atoms with Crippen molar-refractivity contribution in [3.8, 4) is 17.2 Å². The molecule has 1 heterocycles. The van der Waals surface area contributed by atoms with Crippen molar-refractivity contribution in [2.24, 2.45) is 0 Å². The molecule has 1 aromatic heterocycles. The highest BCUT2D eigenvalue weighted by Gasteiger charge is 2.11. The van der Waals surface area contributed by atoms with E-state index < -0.39 is 11.4 Å². The third kappa shape index (κ3) is 2.74. The van der Waals surface area contributed by atoms with Gasteiger partial charge >= 0.3 is 0 Å². The molecule has 0 fully saturated rings. The molecule has 0 aliphatic rings. The molecular weight excluding hydrogens is 311 g/mol. The number of rotatable bonds is 2. The second kappa shape index (κ2) is 5.37. The van der Waals surface area contributed by atoms with Crippen LogP contribution in [0, 0.1) is 24.1 Å². The van der Waals surface area contributed by atoms with Crippen LogP contribution in [0.2, 0.25) is 0 Å². The second-order valence-electron chi connectivity index (χ2n) is 4.16. The zero-order valence-corrected chi connectivity index (χ0v) is 11.7. The fourth-order valence-electron chi connectivity index (χ4n) is 1.91. The van der Waals surface area contributed by atoms with Crippen LogP contribution in [0.4, 0.5) is 4.39 Å². The van der Waals surface area contributed by atoms with Gasteiger partial charge < -0.3 is 4.98 Å². The molecule has 19 heavy (non-hydrogen) atoms. The predicted molar refractivity (Wildman–Crippen MR) is 74.5 cm³/mol. The molecule has 0 saturated carbocycles. The Labute approximate surface area is 117 Å². The summed E-state index contributed by atoms with van der Waals surface area (Å²) in [7, 11) is 0. The summed E-state index contributed by atoms with van der Waals surface area (Å²) in [4.78, 5) is 14.3. The van der Waals surface area contributed by atoms with Crippen LogP contribution in [0.5, 0.6) is 0 Å². The van der Waals surface area contributed by atoms with Gasteiger partial charge in [0.15, 0.2) is 0 Å². The highest BCUT2D eigenvalue weighted by atomic mass is 79.9. The van der Waals surface area contributed by atoms with Crippen molar-refractivity contribution < 1.29 is 4.39 Å². The lowest BCUT2D eigenvalue weighted by atomic mass is 9.99. The Morgan fingerprint density at radius 1 is 1.37 bits per heavy atom. The zero-order valence-electron chi connectivity index (χ0n) is 10.1. The maximum atomic E-state index is 13.5. The largest absolute Gasteiger partial charge is 0.325 e. The number of halogens is 2. The molecule has 0 saturated heterocycles. The number of benzene rings is 1. The van der Waals surface area contributed by atoms with Gasteiger partial charge in [-0.15, -0.1) is 0 Å². The zero-order chi connectivity index (χ0) is 14.0. The Hall–Kier alpha value is -1.93. The van der Waals surface area contributed by atoms with Gasteiger partial charge in [-0.05, 0) is 36.2 Å². The molecule has 1 aromatic carbocycles. The first kappa shape index (κ1) is 13.5. The Kier molecular flexibility index (Phi) is 3.82. The Bertz CT molecular complexity index is 731. The van der Waals surface area contributed by atoms with Gasteiger partial charge in [0, 0.05) is 16.6 Å². The Morgan fingerprint density at radius 2 is 2.11 bits per heavy atom. The minimum Gasteiger partial charge on any atom is -0.325 e. The molecular formula is C14H10BrFN2O. The molecule has 2 aromatic rings. The van der Waals surface area contributed by atoms with E-state index in [0.717, 1.165) is 5.56 Å². The number of alkyl halides is 1. The quantitative estimate of drug-likeness (QED) is 0.863. The van der Waals surface area contributed by atoms with Crippen molar-refractivity contribution in [1.29, 1.82) is 5.26 Å². The molecule has 1 N–H and O–H groups in total. The van der Waals surface area contributed by atoms with Crippen molar-refractivity contribution in [2.45, 2.75) is 12.3 Å². The van der Waals surface area contributed by atoms with Crippen LogP contribution in [0.25, 0.3) is 11.1 Å². The van der Waals surface area contributed by atoms with Gasteiger partial charge in [-0.3, -0.25) is 4.79 Å².